The summed E-state index contributed by atoms with van der Waals surface area (Å²) in [7, 11) is 1.35. The van der Waals surface area contributed by atoms with Crippen LogP contribution in [0.3, 0.4) is 0 Å². The van der Waals surface area contributed by atoms with Gasteiger partial charge in [0.1, 0.15) is 19.0 Å². The molecule has 2 aromatic rings. The molecule has 0 aliphatic heterocycles. The highest BCUT2D eigenvalue weighted by molar-refractivity contribution is 5.87. The molecule has 0 amide bonds. The van der Waals surface area contributed by atoms with Crippen molar-refractivity contribution in [2.45, 2.75) is 6.92 Å². The molecule has 0 bridgehead atoms. The lowest BCUT2D eigenvalue weighted by molar-refractivity contribution is -0.139. The number of hydrogen-bond donors (Lipinski definition) is 0. The first kappa shape index (κ1) is 20.0. The normalized spacial score (nSPS) is 10.4. The van der Waals surface area contributed by atoms with Crippen molar-refractivity contribution in [2.75, 3.05) is 20.3 Å². The zero-order valence-electron chi connectivity index (χ0n) is 15.4. The van der Waals surface area contributed by atoms with Crippen LogP contribution in [-0.4, -0.2) is 32.3 Å². The van der Waals surface area contributed by atoms with Gasteiger partial charge < -0.3 is 14.2 Å². The number of benzene rings is 2. The van der Waals surface area contributed by atoms with Crippen LogP contribution < -0.4 is 4.74 Å². The summed E-state index contributed by atoms with van der Waals surface area (Å²) in [5.74, 6) is -0.106. The number of ether oxygens (including phenoxy) is 3. The molecular formula is C22H22O5. The fourth-order valence-corrected chi connectivity index (χ4v) is 2.18. The third kappa shape index (κ3) is 6.47. The van der Waals surface area contributed by atoms with E-state index in [-0.39, 0.29) is 19.2 Å². The first-order chi connectivity index (χ1) is 13.0. The minimum atomic E-state index is -0.418. The van der Waals surface area contributed by atoms with Crippen molar-refractivity contribution in [3.05, 3.63) is 72.3 Å². The number of esters is 2. The van der Waals surface area contributed by atoms with Crippen LogP contribution in [0, 0.1) is 0 Å². The van der Waals surface area contributed by atoms with Crippen molar-refractivity contribution in [3.63, 3.8) is 0 Å². The highest BCUT2D eigenvalue weighted by Gasteiger charge is 2.03. The molecule has 0 heterocycles. The Morgan fingerprint density at radius 1 is 0.963 bits per heavy atom. The summed E-state index contributed by atoms with van der Waals surface area (Å²) in [6.45, 7) is 5.57. The molecule has 0 radical (unpaired) electrons. The van der Waals surface area contributed by atoms with Gasteiger partial charge in [-0.15, -0.1) is 0 Å². The predicted octanol–water partition coefficient (Wildman–Crippen LogP) is 4.04. The molecule has 0 fully saturated rings. The van der Waals surface area contributed by atoms with Crippen LogP contribution in [-0.2, 0) is 19.1 Å². The first-order valence-corrected chi connectivity index (χ1v) is 8.41. The molecule has 5 heteroatoms. The molecule has 0 N–H and O–H groups in total. The van der Waals surface area contributed by atoms with Gasteiger partial charge in [-0.3, -0.25) is 0 Å². The number of carbonyl (C=O) groups excluding carboxylic acids is 2. The van der Waals surface area contributed by atoms with E-state index in [2.05, 4.69) is 11.3 Å². The fraction of sp³-hybridized carbons (Fsp3) is 0.182. The van der Waals surface area contributed by atoms with E-state index in [1.54, 1.807) is 13.0 Å². The standard InChI is InChI=1S/C22H22O5/c1-16(2)22(24)27-15-14-26-20-11-9-19(10-12-20)18-7-4-17(5-8-18)6-13-21(23)25-3/h4-13H,1,14-15H2,2-3H3/b13-6+. The van der Waals surface area contributed by atoms with Crippen LogP contribution >= 0.6 is 0 Å². The second kappa shape index (κ2) is 9.97. The van der Waals surface area contributed by atoms with E-state index in [9.17, 15) is 9.59 Å². The first-order valence-electron chi connectivity index (χ1n) is 8.41. The molecule has 0 saturated carbocycles. The molecule has 0 aliphatic carbocycles. The van der Waals surface area contributed by atoms with Gasteiger partial charge in [0.2, 0.25) is 0 Å². The lowest BCUT2D eigenvalue weighted by atomic mass is 10.0. The maximum Gasteiger partial charge on any atom is 0.333 e. The summed E-state index contributed by atoms with van der Waals surface area (Å²) in [5.41, 5.74) is 3.37. The van der Waals surface area contributed by atoms with Gasteiger partial charge in [0, 0.05) is 11.6 Å². The Morgan fingerprint density at radius 2 is 1.56 bits per heavy atom. The lowest BCUT2D eigenvalue weighted by Gasteiger charge is -2.08. The molecule has 140 valence electrons. The van der Waals surface area contributed by atoms with Crippen molar-refractivity contribution in [1.29, 1.82) is 0 Å². The van der Waals surface area contributed by atoms with Crippen molar-refractivity contribution in [2.24, 2.45) is 0 Å². The summed E-state index contributed by atoms with van der Waals surface area (Å²) in [4.78, 5) is 22.4. The van der Waals surface area contributed by atoms with Crippen LogP contribution in [0.4, 0.5) is 0 Å². The van der Waals surface area contributed by atoms with Crippen LogP contribution in [0.25, 0.3) is 17.2 Å². The maximum atomic E-state index is 11.3. The third-order valence-corrected chi connectivity index (χ3v) is 3.65. The quantitative estimate of drug-likeness (QED) is 0.401. The zero-order valence-corrected chi connectivity index (χ0v) is 15.4. The van der Waals surface area contributed by atoms with Gasteiger partial charge in [0.15, 0.2) is 0 Å². The second-order valence-electron chi connectivity index (χ2n) is 5.77. The van der Waals surface area contributed by atoms with E-state index in [1.165, 1.54) is 13.2 Å². The van der Waals surface area contributed by atoms with E-state index in [1.807, 2.05) is 48.5 Å². The number of methoxy groups -OCH3 is 1. The van der Waals surface area contributed by atoms with Crippen LogP contribution in [0.15, 0.2) is 66.8 Å². The van der Waals surface area contributed by atoms with Gasteiger partial charge >= 0.3 is 11.9 Å². The minimum Gasteiger partial charge on any atom is -0.490 e. The highest BCUT2D eigenvalue weighted by atomic mass is 16.6. The Hall–Kier alpha value is -3.34. The van der Waals surface area contributed by atoms with Crippen molar-refractivity contribution in [1.82, 2.24) is 0 Å². The number of carbonyl (C=O) groups is 2. The van der Waals surface area contributed by atoms with E-state index in [0.717, 1.165) is 16.7 Å². The molecule has 0 atom stereocenters. The van der Waals surface area contributed by atoms with Gasteiger partial charge in [0.05, 0.1) is 7.11 Å². The largest absolute Gasteiger partial charge is 0.490 e. The molecule has 2 rings (SSSR count). The number of hydrogen-bond acceptors (Lipinski definition) is 5. The van der Waals surface area contributed by atoms with E-state index < -0.39 is 5.97 Å². The second-order valence-corrected chi connectivity index (χ2v) is 5.77. The Balaban J connectivity index is 1.89. The van der Waals surface area contributed by atoms with Crippen LogP contribution in [0.2, 0.25) is 0 Å². The van der Waals surface area contributed by atoms with Crippen LogP contribution in [0.1, 0.15) is 12.5 Å². The zero-order chi connectivity index (χ0) is 19.6. The topological polar surface area (TPSA) is 61.8 Å². The molecule has 0 aromatic heterocycles. The smallest absolute Gasteiger partial charge is 0.333 e. The fourth-order valence-electron chi connectivity index (χ4n) is 2.18. The molecule has 0 unspecified atom stereocenters. The maximum absolute atomic E-state index is 11.3. The molecule has 0 aliphatic rings. The minimum absolute atomic E-state index is 0.175. The Bertz CT molecular complexity index is 817. The lowest BCUT2D eigenvalue weighted by Crippen LogP contribution is -2.12. The van der Waals surface area contributed by atoms with Crippen molar-refractivity contribution >= 4 is 18.0 Å². The SMILES string of the molecule is C=C(C)C(=O)OCCOc1ccc(-c2ccc(/C=C/C(=O)OC)cc2)cc1. The van der Waals surface area contributed by atoms with Gasteiger partial charge in [-0.1, -0.05) is 43.0 Å². The molecule has 2 aromatic carbocycles. The molecule has 27 heavy (non-hydrogen) atoms. The molecule has 0 saturated heterocycles. The summed E-state index contributed by atoms with van der Waals surface area (Å²) >= 11 is 0. The highest BCUT2D eigenvalue weighted by Crippen LogP contribution is 2.23. The van der Waals surface area contributed by atoms with Crippen LogP contribution in [0.5, 0.6) is 5.75 Å². The van der Waals surface area contributed by atoms with E-state index in [0.29, 0.717) is 11.3 Å². The van der Waals surface area contributed by atoms with Gasteiger partial charge in [-0.05, 0) is 41.8 Å². The van der Waals surface area contributed by atoms with Gasteiger partial charge in [0.25, 0.3) is 0 Å². The third-order valence-electron chi connectivity index (χ3n) is 3.65. The van der Waals surface area contributed by atoms with E-state index >= 15 is 0 Å². The summed E-state index contributed by atoms with van der Waals surface area (Å²) < 4.78 is 15.1. The van der Waals surface area contributed by atoms with Gasteiger partial charge in [-0.25, -0.2) is 9.59 Å². The van der Waals surface area contributed by atoms with Crippen molar-refractivity contribution < 1.29 is 23.8 Å². The van der Waals surface area contributed by atoms with Gasteiger partial charge in [-0.2, -0.15) is 0 Å². The monoisotopic (exact) mass is 366 g/mol. The summed E-state index contributed by atoms with van der Waals surface area (Å²) in [5, 5.41) is 0. The Labute approximate surface area is 158 Å². The summed E-state index contributed by atoms with van der Waals surface area (Å²) in [6.07, 6.45) is 3.09. The molecule has 0 spiro atoms. The average molecular weight is 366 g/mol. The molecule has 5 nitrogen and oxygen atoms in total. The van der Waals surface area contributed by atoms with Crippen molar-refractivity contribution in [3.8, 4) is 16.9 Å². The molecular weight excluding hydrogens is 344 g/mol. The summed E-state index contributed by atoms with van der Waals surface area (Å²) in [6, 6.07) is 15.4. The number of rotatable bonds is 8. The average Bonchev–Trinajstić information content (AvgIpc) is 2.70. The Morgan fingerprint density at radius 3 is 2.11 bits per heavy atom. The van der Waals surface area contributed by atoms with E-state index in [4.69, 9.17) is 9.47 Å². The Kier molecular flexibility index (Phi) is 7.37. The predicted molar refractivity (Wildman–Crippen MR) is 104 cm³/mol.